The number of hydrogen-bond donors (Lipinski definition) is 2. The minimum absolute atomic E-state index is 0. The van der Waals surface area contributed by atoms with Crippen LogP contribution in [0.15, 0.2) is 0 Å². The third-order valence-electron chi connectivity index (χ3n) is 4.43. The van der Waals surface area contributed by atoms with Crippen molar-refractivity contribution in [2.75, 3.05) is 18.4 Å². The van der Waals surface area contributed by atoms with E-state index in [4.69, 9.17) is 0 Å². The lowest BCUT2D eigenvalue weighted by Crippen LogP contribution is -2.31. The first kappa shape index (κ1) is 16.6. The molecule has 7 heteroatoms. The molecule has 21 heavy (non-hydrogen) atoms. The molecule has 1 spiro atoms. The van der Waals surface area contributed by atoms with Crippen molar-refractivity contribution in [3.05, 3.63) is 5.82 Å². The molecule has 2 heterocycles. The Labute approximate surface area is 135 Å². The van der Waals surface area contributed by atoms with Gasteiger partial charge in [0.15, 0.2) is 0 Å². The number of anilines is 1. The van der Waals surface area contributed by atoms with E-state index in [1.54, 1.807) is 0 Å². The molecule has 1 amide bonds. The van der Waals surface area contributed by atoms with Crippen molar-refractivity contribution < 1.29 is 4.79 Å². The molecule has 118 valence electrons. The van der Waals surface area contributed by atoms with Crippen LogP contribution < -0.4 is 10.6 Å². The van der Waals surface area contributed by atoms with Gasteiger partial charge in [0.05, 0.1) is 0 Å². The first-order valence-electron chi connectivity index (χ1n) is 7.27. The predicted octanol–water partition coefficient (Wildman–Crippen LogP) is 2.59. The molecular weight excluding hydrogens is 308 g/mol. The van der Waals surface area contributed by atoms with Crippen LogP contribution in [-0.4, -0.2) is 28.4 Å². The second kappa shape index (κ2) is 5.82. The first-order chi connectivity index (χ1) is 9.41. The number of amides is 1. The third kappa shape index (κ3) is 3.38. The zero-order valence-corrected chi connectivity index (χ0v) is 14.4. The van der Waals surface area contributed by atoms with E-state index in [1.165, 1.54) is 11.5 Å². The van der Waals surface area contributed by atoms with Gasteiger partial charge < -0.3 is 10.6 Å². The summed E-state index contributed by atoms with van der Waals surface area (Å²) in [5, 5.41) is 6.95. The van der Waals surface area contributed by atoms with Gasteiger partial charge in [-0.05, 0) is 37.8 Å². The first-order valence-corrected chi connectivity index (χ1v) is 8.04. The molecule has 2 N–H and O–H groups in total. The molecule has 3 rings (SSSR count). The topological polar surface area (TPSA) is 66.9 Å². The van der Waals surface area contributed by atoms with Crippen molar-refractivity contribution in [2.24, 2.45) is 11.3 Å². The predicted molar refractivity (Wildman–Crippen MR) is 87.1 cm³/mol. The summed E-state index contributed by atoms with van der Waals surface area (Å²) in [6.45, 7) is 8.30. The van der Waals surface area contributed by atoms with Gasteiger partial charge in [-0.15, -0.1) is 12.4 Å². The third-order valence-corrected chi connectivity index (χ3v) is 5.06. The molecule has 1 atom stereocenters. The summed E-state index contributed by atoms with van der Waals surface area (Å²) in [6.07, 6.45) is 3.27. The summed E-state index contributed by atoms with van der Waals surface area (Å²) in [5.41, 5.74) is 0.197. The number of hydrogen-bond acceptors (Lipinski definition) is 5. The Morgan fingerprint density at radius 1 is 1.38 bits per heavy atom. The Hall–Kier alpha value is -0.720. The van der Waals surface area contributed by atoms with E-state index in [2.05, 4.69) is 40.8 Å². The van der Waals surface area contributed by atoms with Crippen LogP contribution in [0, 0.1) is 11.3 Å². The van der Waals surface area contributed by atoms with Gasteiger partial charge in [0, 0.05) is 22.9 Å². The van der Waals surface area contributed by atoms with E-state index in [0.717, 1.165) is 38.2 Å². The zero-order valence-electron chi connectivity index (χ0n) is 12.7. The lowest BCUT2D eigenvalue weighted by Gasteiger charge is -2.22. The van der Waals surface area contributed by atoms with Crippen molar-refractivity contribution in [3.63, 3.8) is 0 Å². The Bertz CT molecular complexity index is 519. The normalized spacial score (nSPS) is 23.5. The molecule has 2 fully saturated rings. The lowest BCUT2D eigenvalue weighted by molar-refractivity contribution is -0.118. The van der Waals surface area contributed by atoms with Crippen LogP contribution in [0.25, 0.3) is 0 Å². The Kier molecular flexibility index (Phi) is 4.61. The van der Waals surface area contributed by atoms with E-state index in [9.17, 15) is 4.79 Å². The van der Waals surface area contributed by atoms with Crippen LogP contribution in [0.1, 0.15) is 45.9 Å². The van der Waals surface area contributed by atoms with Gasteiger partial charge in [-0.2, -0.15) is 4.37 Å². The molecule has 1 saturated heterocycles. The van der Waals surface area contributed by atoms with Crippen LogP contribution in [0.3, 0.4) is 0 Å². The highest BCUT2D eigenvalue weighted by molar-refractivity contribution is 7.09. The Morgan fingerprint density at radius 3 is 2.62 bits per heavy atom. The number of rotatable bonds is 2. The number of nitrogens with one attached hydrogen (secondary N) is 2. The fourth-order valence-corrected chi connectivity index (χ4v) is 3.73. The highest BCUT2D eigenvalue weighted by Crippen LogP contribution is 2.58. The smallest absolute Gasteiger partial charge is 0.229 e. The highest BCUT2D eigenvalue weighted by Gasteiger charge is 2.57. The fraction of sp³-hybridized carbons (Fsp3) is 0.786. The van der Waals surface area contributed by atoms with Crippen molar-refractivity contribution in [3.8, 4) is 0 Å². The molecule has 0 aromatic carbocycles. The van der Waals surface area contributed by atoms with Gasteiger partial charge in [-0.1, -0.05) is 20.8 Å². The maximum atomic E-state index is 12.3. The number of piperidine rings is 1. The van der Waals surface area contributed by atoms with E-state index in [1.807, 2.05) is 0 Å². The molecule has 1 saturated carbocycles. The maximum absolute atomic E-state index is 12.3. The summed E-state index contributed by atoms with van der Waals surface area (Å²) in [6, 6.07) is 0. The van der Waals surface area contributed by atoms with E-state index >= 15 is 0 Å². The summed E-state index contributed by atoms with van der Waals surface area (Å²) in [7, 11) is 0. The van der Waals surface area contributed by atoms with Crippen LogP contribution in [-0.2, 0) is 10.2 Å². The molecule has 1 aliphatic carbocycles. The van der Waals surface area contributed by atoms with Gasteiger partial charge in [0.25, 0.3) is 0 Å². The summed E-state index contributed by atoms with van der Waals surface area (Å²) >= 11 is 1.28. The van der Waals surface area contributed by atoms with Gasteiger partial charge in [-0.25, -0.2) is 4.98 Å². The second-order valence-electron chi connectivity index (χ2n) is 7.03. The number of nitrogens with zero attached hydrogens (tertiary/aromatic N) is 2. The largest absolute Gasteiger partial charge is 0.317 e. The van der Waals surface area contributed by atoms with Crippen LogP contribution in [0.2, 0.25) is 0 Å². The molecule has 1 aromatic heterocycles. The van der Waals surface area contributed by atoms with Crippen molar-refractivity contribution in [1.82, 2.24) is 14.7 Å². The monoisotopic (exact) mass is 330 g/mol. The summed E-state index contributed by atoms with van der Waals surface area (Å²) in [5.74, 6) is 1.10. The quantitative estimate of drug-likeness (QED) is 0.874. The average molecular weight is 331 g/mol. The van der Waals surface area contributed by atoms with Crippen LogP contribution >= 0.6 is 23.9 Å². The molecule has 1 unspecified atom stereocenters. The molecule has 2 aliphatic rings. The van der Waals surface area contributed by atoms with E-state index in [0.29, 0.717) is 5.13 Å². The minimum atomic E-state index is -0.0741. The number of halogens is 1. The van der Waals surface area contributed by atoms with E-state index in [-0.39, 0.29) is 35.1 Å². The van der Waals surface area contributed by atoms with E-state index < -0.39 is 0 Å². The molecule has 0 bridgehead atoms. The van der Waals surface area contributed by atoms with Crippen molar-refractivity contribution >= 4 is 35.0 Å². The van der Waals surface area contributed by atoms with Gasteiger partial charge in [-0.3, -0.25) is 4.79 Å². The summed E-state index contributed by atoms with van der Waals surface area (Å²) < 4.78 is 4.33. The summed E-state index contributed by atoms with van der Waals surface area (Å²) in [4.78, 5) is 16.7. The van der Waals surface area contributed by atoms with Gasteiger partial charge in [0.2, 0.25) is 11.0 Å². The fourth-order valence-electron chi connectivity index (χ4n) is 2.97. The average Bonchev–Trinajstić information content (AvgIpc) is 2.85. The maximum Gasteiger partial charge on any atom is 0.229 e. The lowest BCUT2D eigenvalue weighted by atomic mass is 9.92. The van der Waals surface area contributed by atoms with Crippen LogP contribution in [0.5, 0.6) is 0 Å². The van der Waals surface area contributed by atoms with Crippen molar-refractivity contribution in [2.45, 2.75) is 45.4 Å². The van der Waals surface area contributed by atoms with Gasteiger partial charge in [0.1, 0.15) is 5.82 Å². The highest BCUT2D eigenvalue weighted by atomic mass is 35.5. The standard InChI is InChI=1S/C14H22N4OS.ClH/c1-13(2,3)11-17-12(20-18-11)16-10(19)9-8-14(9)4-6-15-7-5-14;/h9,15H,4-8H2,1-3H3,(H,16,17,18,19);1H. The molecule has 0 radical (unpaired) electrons. The zero-order chi connectivity index (χ0) is 14.4. The molecule has 1 aromatic rings. The van der Waals surface area contributed by atoms with Crippen molar-refractivity contribution in [1.29, 1.82) is 0 Å². The van der Waals surface area contributed by atoms with Gasteiger partial charge >= 0.3 is 0 Å². The molecule has 1 aliphatic heterocycles. The molecule has 5 nitrogen and oxygen atoms in total. The number of aromatic nitrogens is 2. The second-order valence-corrected chi connectivity index (χ2v) is 7.78. The Morgan fingerprint density at radius 2 is 2.05 bits per heavy atom. The number of carbonyl (C=O) groups is 1. The Balaban J connectivity index is 0.00000161. The minimum Gasteiger partial charge on any atom is -0.317 e. The molecular formula is C14H23ClN4OS. The van der Waals surface area contributed by atoms with Crippen LogP contribution in [0.4, 0.5) is 5.13 Å². The number of carbonyl (C=O) groups excluding carboxylic acids is 1. The SMILES string of the molecule is CC(C)(C)c1nsc(NC(=O)C2CC23CCNCC3)n1.Cl.